The number of hydrogen-bond acceptors (Lipinski definition) is 4. The number of rotatable bonds is 4. The van der Waals surface area contributed by atoms with Crippen LogP contribution in [0.4, 0.5) is 0 Å². The Kier molecular flexibility index (Phi) is 7.48. The van der Waals surface area contributed by atoms with Crippen molar-refractivity contribution < 1.29 is 9.53 Å². The molecule has 0 spiro atoms. The predicted octanol–water partition coefficient (Wildman–Crippen LogP) is 2.10. The number of hydrogen-bond donors (Lipinski definition) is 2. The van der Waals surface area contributed by atoms with Crippen LogP contribution in [0.5, 0.6) is 0 Å². The summed E-state index contributed by atoms with van der Waals surface area (Å²) in [5.41, 5.74) is 7.57. The van der Waals surface area contributed by atoms with Crippen LogP contribution < -0.4 is 11.1 Å². The van der Waals surface area contributed by atoms with Gasteiger partial charge < -0.3 is 20.4 Å². The molecule has 0 radical (unpaired) electrons. The van der Waals surface area contributed by atoms with Gasteiger partial charge in [-0.15, -0.1) is 24.8 Å². The van der Waals surface area contributed by atoms with Crippen LogP contribution in [0.15, 0.2) is 24.3 Å². The number of aryl methyl sites for hydroxylation is 1. The van der Waals surface area contributed by atoms with Crippen LogP contribution in [0.2, 0.25) is 0 Å². The Bertz CT molecular complexity index is 692. The number of nitrogens with zero attached hydrogens (tertiary/aromatic N) is 2. The van der Waals surface area contributed by atoms with E-state index in [-0.39, 0.29) is 42.9 Å². The molecule has 0 bridgehead atoms. The summed E-state index contributed by atoms with van der Waals surface area (Å²) >= 11 is 0. The molecular formula is C16H24Cl2N4O2. The van der Waals surface area contributed by atoms with Crippen LogP contribution in [0, 0.1) is 0 Å². The molecule has 1 aliphatic rings. The fraction of sp³-hybridized carbons (Fsp3) is 0.500. The molecule has 1 aromatic carbocycles. The predicted molar refractivity (Wildman–Crippen MR) is 98.7 cm³/mol. The Morgan fingerprint density at radius 3 is 2.75 bits per heavy atom. The number of carbonyl (C=O) groups excluding carboxylic acids is 1. The molecular weight excluding hydrogens is 351 g/mol. The van der Waals surface area contributed by atoms with Crippen molar-refractivity contribution in [2.75, 3.05) is 6.54 Å². The minimum absolute atomic E-state index is 0. The Morgan fingerprint density at radius 1 is 1.42 bits per heavy atom. The standard InChI is InChI=1S/C16H22N4O2.2ClH/c1-10(18-16(21)14-8-7-11(9-17)22-14)15-19-12-5-3-4-6-13(12)20(15)2;;/h3-6,10-11,14H,7-9,17H2,1-2H3,(H,18,21);2*1H/t10?,11-,14+;;/m1../s1. The van der Waals surface area contributed by atoms with Crippen LogP contribution in [0.3, 0.4) is 0 Å². The summed E-state index contributed by atoms with van der Waals surface area (Å²) in [6.45, 7) is 2.40. The highest BCUT2D eigenvalue weighted by molar-refractivity contribution is 5.85. The molecule has 24 heavy (non-hydrogen) atoms. The number of amides is 1. The molecule has 0 aliphatic carbocycles. The lowest BCUT2D eigenvalue weighted by Gasteiger charge is -2.17. The molecule has 1 aliphatic heterocycles. The topological polar surface area (TPSA) is 82.2 Å². The van der Waals surface area contributed by atoms with Crippen molar-refractivity contribution in [1.82, 2.24) is 14.9 Å². The van der Waals surface area contributed by atoms with E-state index in [1.807, 2.05) is 42.8 Å². The van der Waals surface area contributed by atoms with Crippen LogP contribution >= 0.6 is 24.8 Å². The number of aromatic nitrogens is 2. The summed E-state index contributed by atoms with van der Waals surface area (Å²) in [4.78, 5) is 16.9. The van der Waals surface area contributed by atoms with Crippen LogP contribution in [0.1, 0.15) is 31.6 Å². The molecule has 1 aromatic heterocycles. The summed E-state index contributed by atoms with van der Waals surface area (Å²) in [5.74, 6) is 0.749. The van der Waals surface area contributed by atoms with Crippen molar-refractivity contribution in [2.24, 2.45) is 12.8 Å². The number of nitrogens with two attached hydrogens (primary N) is 1. The van der Waals surface area contributed by atoms with E-state index in [9.17, 15) is 4.79 Å². The van der Waals surface area contributed by atoms with Crippen molar-refractivity contribution in [3.63, 3.8) is 0 Å². The summed E-state index contributed by atoms with van der Waals surface area (Å²) in [6.07, 6.45) is 1.17. The molecule has 1 amide bonds. The van der Waals surface area contributed by atoms with Crippen molar-refractivity contribution in [2.45, 2.75) is 38.0 Å². The minimum Gasteiger partial charge on any atom is -0.364 e. The van der Waals surface area contributed by atoms with Gasteiger partial charge in [0.1, 0.15) is 11.9 Å². The summed E-state index contributed by atoms with van der Waals surface area (Å²) in [6, 6.07) is 7.76. The smallest absolute Gasteiger partial charge is 0.249 e. The average molecular weight is 375 g/mol. The van der Waals surface area contributed by atoms with Gasteiger partial charge in [0.25, 0.3) is 0 Å². The number of carbonyl (C=O) groups is 1. The maximum Gasteiger partial charge on any atom is 0.249 e. The normalized spacial score (nSPS) is 21.0. The van der Waals surface area contributed by atoms with Gasteiger partial charge in [0.2, 0.25) is 5.91 Å². The molecule has 6 nitrogen and oxygen atoms in total. The zero-order chi connectivity index (χ0) is 15.7. The Hall–Kier alpha value is -1.34. The Morgan fingerprint density at radius 2 is 2.12 bits per heavy atom. The Balaban J connectivity index is 0.00000144. The minimum atomic E-state index is -0.398. The molecule has 0 saturated carbocycles. The number of ether oxygens (including phenoxy) is 1. The number of para-hydroxylation sites is 2. The average Bonchev–Trinajstić information content (AvgIpc) is 3.12. The molecule has 2 aromatic rings. The Labute approximate surface area is 154 Å². The SMILES string of the molecule is CC(NC(=O)[C@@H]1CC[C@H](CN)O1)c1nc2ccccc2n1C.Cl.Cl. The molecule has 1 unspecified atom stereocenters. The zero-order valence-corrected chi connectivity index (χ0v) is 15.4. The fourth-order valence-electron chi connectivity index (χ4n) is 2.99. The van der Waals surface area contributed by atoms with Gasteiger partial charge in [0, 0.05) is 13.6 Å². The van der Waals surface area contributed by atoms with Gasteiger partial charge in [0.05, 0.1) is 23.2 Å². The van der Waals surface area contributed by atoms with Gasteiger partial charge in [-0.1, -0.05) is 12.1 Å². The van der Waals surface area contributed by atoms with E-state index in [0.717, 1.165) is 29.7 Å². The van der Waals surface area contributed by atoms with E-state index in [0.29, 0.717) is 6.54 Å². The van der Waals surface area contributed by atoms with Gasteiger partial charge in [-0.05, 0) is 31.9 Å². The van der Waals surface area contributed by atoms with Gasteiger partial charge in [0.15, 0.2) is 0 Å². The molecule has 1 fully saturated rings. The molecule has 2 heterocycles. The van der Waals surface area contributed by atoms with E-state index < -0.39 is 6.10 Å². The maximum absolute atomic E-state index is 12.3. The van der Waals surface area contributed by atoms with Crippen molar-refractivity contribution in [3.8, 4) is 0 Å². The first-order chi connectivity index (χ1) is 10.6. The van der Waals surface area contributed by atoms with Crippen LogP contribution in [-0.2, 0) is 16.6 Å². The molecule has 3 atom stereocenters. The van der Waals surface area contributed by atoms with Crippen molar-refractivity contribution >= 4 is 41.8 Å². The molecule has 134 valence electrons. The third kappa shape index (κ3) is 4.00. The van der Waals surface area contributed by atoms with E-state index in [1.54, 1.807) is 0 Å². The van der Waals surface area contributed by atoms with Crippen LogP contribution in [0.25, 0.3) is 11.0 Å². The van der Waals surface area contributed by atoms with E-state index >= 15 is 0 Å². The lowest BCUT2D eigenvalue weighted by Crippen LogP contribution is -2.37. The second-order valence-corrected chi connectivity index (χ2v) is 5.81. The van der Waals surface area contributed by atoms with Crippen LogP contribution in [-0.4, -0.2) is 34.2 Å². The molecule has 8 heteroatoms. The van der Waals surface area contributed by atoms with Gasteiger partial charge in [-0.2, -0.15) is 0 Å². The number of fused-ring (bicyclic) bond motifs is 1. The van der Waals surface area contributed by atoms with E-state index in [4.69, 9.17) is 10.5 Å². The highest BCUT2D eigenvalue weighted by atomic mass is 35.5. The number of benzene rings is 1. The summed E-state index contributed by atoms with van der Waals surface area (Å²) in [5, 5.41) is 3.00. The largest absolute Gasteiger partial charge is 0.364 e. The highest BCUT2D eigenvalue weighted by Gasteiger charge is 2.31. The monoisotopic (exact) mass is 374 g/mol. The molecule has 3 rings (SSSR count). The summed E-state index contributed by atoms with van der Waals surface area (Å²) < 4.78 is 7.65. The first kappa shape index (κ1) is 20.7. The number of nitrogens with one attached hydrogen (secondary N) is 1. The highest BCUT2D eigenvalue weighted by Crippen LogP contribution is 2.22. The van der Waals surface area contributed by atoms with Gasteiger partial charge >= 0.3 is 0 Å². The zero-order valence-electron chi connectivity index (χ0n) is 13.8. The number of halogens is 2. The number of imidazole rings is 1. The maximum atomic E-state index is 12.3. The third-order valence-corrected chi connectivity index (χ3v) is 4.23. The molecule has 3 N–H and O–H groups in total. The molecule has 1 saturated heterocycles. The third-order valence-electron chi connectivity index (χ3n) is 4.23. The summed E-state index contributed by atoms with van der Waals surface area (Å²) in [7, 11) is 1.96. The first-order valence-corrected chi connectivity index (χ1v) is 7.67. The van der Waals surface area contributed by atoms with E-state index in [2.05, 4.69) is 10.3 Å². The second-order valence-electron chi connectivity index (χ2n) is 5.81. The lowest BCUT2D eigenvalue weighted by atomic mass is 10.2. The quantitative estimate of drug-likeness (QED) is 0.858. The fourth-order valence-corrected chi connectivity index (χ4v) is 2.99. The van der Waals surface area contributed by atoms with E-state index in [1.165, 1.54) is 0 Å². The van der Waals surface area contributed by atoms with Gasteiger partial charge in [-0.25, -0.2) is 4.98 Å². The second kappa shape index (κ2) is 8.67. The van der Waals surface area contributed by atoms with Crippen molar-refractivity contribution in [1.29, 1.82) is 0 Å². The first-order valence-electron chi connectivity index (χ1n) is 7.67. The van der Waals surface area contributed by atoms with Gasteiger partial charge in [-0.3, -0.25) is 4.79 Å². The lowest BCUT2D eigenvalue weighted by molar-refractivity contribution is -0.132. The van der Waals surface area contributed by atoms with Crippen molar-refractivity contribution in [3.05, 3.63) is 30.1 Å².